The molecule has 3 rings (SSSR count). The molecule has 5 nitrogen and oxygen atoms in total. The van der Waals surface area contributed by atoms with Gasteiger partial charge in [-0.1, -0.05) is 0 Å². The zero-order valence-electron chi connectivity index (χ0n) is 12.9. The monoisotopic (exact) mass is 283 g/mol. The first kappa shape index (κ1) is 13.9. The first-order valence-corrected chi connectivity index (χ1v) is 7.47. The fourth-order valence-corrected chi connectivity index (χ4v) is 2.95. The van der Waals surface area contributed by atoms with Crippen molar-refractivity contribution in [1.82, 2.24) is 19.9 Å². The molecular weight excluding hydrogens is 262 g/mol. The molecule has 110 valence electrons. The minimum absolute atomic E-state index is 0.382. The maximum atomic E-state index is 4.63. The lowest BCUT2D eigenvalue weighted by Crippen LogP contribution is -2.35. The Morgan fingerprint density at radius 3 is 2.48 bits per heavy atom. The van der Waals surface area contributed by atoms with Crippen LogP contribution < -0.4 is 4.90 Å². The minimum atomic E-state index is 0.382. The highest BCUT2D eigenvalue weighted by molar-refractivity contribution is 5.40. The maximum Gasteiger partial charge on any atom is 0.133 e. The van der Waals surface area contributed by atoms with Gasteiger partial charge in [0.05, 0.1) is 0 Å². The van der Waals surface area contributed by atoms with Crippen LogP contribution in [-0.2, 0) is 0 Å². The zero-order valence-corrected chi connectivity index (χ0v) is 12.9. The summed E-state index contributed by atoms with van der Waals surface area (Å²) in [5.41, 5.74) is 3.10. The molecule has 0 aromatic carbocycles. The minimum Gasteiger partial charge on any atom is -0.356 e. The Bertz CT molecular complexity index is 620. The van der Waals surface area contributed by atoms with Crippen LogP contribution in [0.1, 0.15) is 41.7 Å². The van der Waals surface area contributed by atoms with E-state index in [-0.39, 0.29) is 0 Å². The van der Waals surface area contributed by atoms with Crippen LogP contribution in [-0.4, -0.2) is 33.0 Å². The third-order valence-electron chi connectivity index (χ3n) is 3.90. The SMILES string of the molecule is Cc1cc(N2CCC[C@@H](c3nc(C)cc(C)n3)C2)ncn1. The molecule has 1 fully saturated rings. The van der Waals surface area contributed by atoms with Crippen LogP contribution in [0, 0.1) is 20.8 Å². The Morgan fingerprint density at radius 2 is 1.76 bits per heavy atom. The van der Waals surface area contributed by atoms with Crippen LogP contribution in [0.2, 0.25) is 0 Å². The quantitative estimate of drug-likeness (QED) is 0.848. The van der Waals surface area contributed by atoms with E-state index in [9.17, 15) is 0 Å². The fraction of sp³-hybridized carbons (Fsp3) is 0.500. The molecule has 0 unspecified atom stereocenters. The summed E-state index contributed by atoms with van der Waals surface area (Å²) in [7, 11) is 0. The van der Waals surface area contributed by atoms with Crippen molar-refractivity contribution in [2.75, 3.05) is 18.0 Å². The molecule has 1 aliphatic rings. The molecule has 1 aliphatic heterocycles. The van der Waals surface area contributed by atoms with Gasteiger partial charge in [-0.25, -0.2) is 19.9 Å². The molecule has 21 heavy (non-hydrogen) atoms. The molecule has 0 radical (unpaired) electrons. The van der Waals surface area contributed by atoms with Gasteiger partial charge >= 0.3 is 0 Å². The fourth-order valence-electron chi connectivity index (χ4n) is 2.95. The lowest BCUT2D eigenvalue weighted by Gasteiger charge is -2.33. The first-order valence-electron chi connectivity index (χ1n) is 7.47. The molecule has 0 amide bonds. The van der Waals surface area contributed by atoms with E-state index in [1.807, 2.05) is 32.9 Å². The summed E-state index contributed by atoms with van der Waals surface area (Å²) < 4.78 is 0. The second kappa shape index (κ2) is 5.76. The molecule has 0 bridgehead atoms. The van der Waals surface area contributed by atoms with Gasteiger partial charge in [-0.15, -0.1) is 0 Å². The van der Waals surface area contributed by atoms with Crippen molar-refractivity contribution in [3.8, 4) is 0 Å². The van der Waals surface area contributed by atoms with E-state index in [1.165, 1.54) is 0 Å². The van der Waals surface area contributed by atoms with Gasteiger partial charge in [0.15, 0.2) is 0 Å². The van der Waals surface area contributed by atoms with Gasteiger partial charge in [-0.05, 0) is 39.7 Å². The van der Waals surface area contributed by atoms with Crippen LogP contribution in [0.4, 0.5) is 5.82 Å². The van der Waals surface area contributed by atoms with Gasteiger partial charge in [0.2, 0.25) is 0 Å². The van der Waals surface area contributed by atoms with Gasteiger partial charge in [0.1, 0.15) is 18.0 Å². The largest absolute Gasteiger partial charge is 0.356 e. The Balaban J connectivity index is 1.82. The van der Waals surface area contributed by atoms with Crippen LogP contribution >= 0.6 is 0 Å². The number of hydrogen-bond acceptors (Lipinski definition) is 5. The van der Waals surface area contributed by atoms with Crippen molar-refractivity contribution in [3.63, 3.8) is 0 Å². The maximum absolute atomic E-state index is 4.63. The first-order chi connectivity index (χ1) is 10.1. The molecule has 0 aliphatic carbocycles. The molecule has 0 spiro atoms. The van der Waals surface area contributed by atoms with Gasteiger partial charge in [-0.2, -0.15) is 0 Å². The molecule has 0 saturated carbocycles. The Kier molecular flexibility index (Phi) is 3.82. The predicted molar refractivity (Wildman–Crippen MR) is 82.5 cm³/mol. The van der Waals surface area contributed by atoms with Crippen LogP contribution in [0.5, 0.6) is 0 Å². The standard InChI is InChI=1S/C16H21N5/c1-11-8-15(18-10-17-11)21-6-4-5-14(9-21)16-19-12(2)7-13(3)20-16/h7-8,10,14H,4-6,9H2,1-3H3/t14-/m1/s1. The van der Waals surface area contributed by atoms with E-state index in [1.54, 1.807) is 6.33 Å². The average molecular weight is 283 g/mol. The van der Waals surface area contributed by atoms with Gasteiger partial charge in [-0.3, -0.25) is 0 Å². The van der Waals surface area contributed by atoms with Gasteiger partial charge < -0.3 is 4.90 Å². The Labute approximate surface area is 125 Å². The van der Waals surface area contributed by atoms with E-state index in [2.05, 4.69) is 24.8 Å². The molecule has 1 saturated heterocycles. The van der Waals surface area contributed by atoms with E-state index in [4.69, 9.17) is 0 Å². The third kappa shape index (κ3) is 3.17. The molecular formula is C16H21N5. The Hall–Kier alpha value is -2.04. The van der Waals surface area contributed by atoms with E-state index in [0.717, 1.165) is 54.7 Å². The topological polar surface area (TPSA) is 54.8 Å². The van der Waals surface area contributed by atoms with Crippen molar-refractivity contribution in [2.24, 2.45) is 0 Å². The van der Waals surface area contributed by atoms with Crippen molar-refractivity contribution >= 4 is 5.82 Å². The summed E-state index contributed by atoms with van der Waals surface area (Å²) >= 11 is 0. The summed E-state index contributed by atoms with van der Waals surface area (Å²) in [6, 6.07) is 4.07. The molecule has 1 atom stereocenters. The van der Waals surface area contributed by atoms with Gasteiger partial charge in [0, 0.05) is 42.2 Å². The van der Waals surface area contributed by atoms with E-state index in [0.29, 0.717) is 5.92 Å². The lowest BCUT2D eigenvalue weighted by molar-refractivity contribution is 0.486. The highest BCUT2D eigenvalue weighted by atomic mass is 15.2. The number of piperidine rings is 1. The molecule has 2 aromatic rings. The normalized spacial score (nSPS) is 18.8. The summed E-state index contributed by atoms with van der Waals surface area (Å²) in [6.45, 7) is 8.04. The summed E-state index contributed by atoms with van der Waals surface area (Å²) in [5.74, 6) is 2.37. The van der Waals surface area contributed by atoms with Crippen LogP contribution in [0.3, 0.4) is 0 Å². The number of aryl methyl sites for hydroxylation is 3. The number of nitrogens with zero attached hydrogens (tertiary/aromatic N) is 5. The second-order valence-electron chi connectivity index (χ2n) is 5.81. The molecule has 5 heteroatoms. The number of aromatic nitrogens is 4. The second-order valence-corrected chi connectivity index (χ2v) is 5.81. The van der Waals surface area contributed by atoms with E-state index >= 15 is 0 Å². The molecule has 0 N–H and O–H groups in total. The lowest BCUT2D eigenvalue weighted by atomic mass is 9.97. The smallest absolute Gasteiger partial charge is 0.133 e. The molecule has 2 aromatic heterocycles. The summed E-state index contributed by atoms with van der Waals surface area (Å²) in [6.07, 6.45) is 3.93. The predicted octanol–water partition coefficient (Wildman–Crippen LogP) is 2.58. The van der Waals surface area contributed by atoms with Crippen LogP contribution in [0.25, 0.3) is 0 Å². The summed E-state index contributed by atoms with van der Waals surface area (Å²) in [4.78, 5) is 20.2. The highest BCUT2D eigenvalue weighted by Gasteiger charge is 2.24. The van der Waals surface area contributed by atoms with Crippen molar-refractivity contribution in [2.45, 2.75) is 39.5 Å². The number of anilines is 1. The Morgan fingerprint density at radius 1 is 1.00 bits per heavy atom. The van der Waals surface area contributed by atoms with Crippen molar-refractivity contribution in [1.29, 1.82) is 0 Å². The van der Waals surface area contributed by atoms with Crippen molar-refractivity contribution < 1.29 is 0 Å². The van der Waals surface area contributed by atoms with Crippen molar-refractivity contribution in [3.05, 3.63) is 41.4 Å². The van der Waals surface area contributed by atoms with Gasteiger partial charge in [0.25, 0.3) is 0 Å². The third-order valence-corrected chi connectivity index (χ3v) is 3.90. The average Bonchev–Trinajstić information content (AvgIpc) is 2.46. The number of rotatable bonds is 2. The summed E-state index contributed by atoms with van der Waals surface area (Å²) in [5, 5.41) is 0. The van der Waals surface area contributed by atoms with Crippen LogP contribution in [0.15, 0.2) is 18.5 Å². The molecule has 3 heterocycles. The highest BCUT2D eigenvalue weighted by Crippen LogP contribution is 2.27. The van der Waals surface area contributed by atoms with E-state index < -0.39 is 0 Å². The number of hydrogen-bond donors (Lipinski definition) is 0. The zero-order chi connectivity index (χ0) is 14.8.